The molecule has 0 atom stereocenters. The quantitative estimate of drug-likeness (QED) is 0.725. The Kier molecular flexibility index (Phi) is 7.10. The third-order valence-corrected chi connectivity index (χ3v) is 4.90. The maximum atomic E-state index is 11.9. The van der Waals surface area contributed by atoms with Gasteiger partial charge in [0.2, 0.25) is 5.91 Å². The molecule has 0 heterocycles. The lowest BCUT2D eigenvalue weighted by molar-refractivity contribution is -0.119. The van der Waals surface area contributed by atoms with Crippen LogP contribution >= 0.6 is 11.8 Å². The normalized spacial score (nSPS) is 11.4. The fraction of sp³-hybridized carbons (Fsp3) is 0.562. The second kappa shape index (κ2) is 8.32. The van der Waals surface area contributed by atoms with Gasteiger partial charge in [-0.05, 0) is 31.9 Å². The minimum Gasteiger partial charge on any atom is -0.396 e. The van der Waals surface area contributed by atoms with Crippen molar-refractivity contribution in [3.63, 3.8) is 0 Å². The molecule has 3 nitrogen and oxygen atoms in total. The number of amides is 1. The van der Waals surface area contributed by atoms with Gasteiger partial charge >= 0.3 is 0 Å². The molecule has 0 aromatic heterocycles. The third kappa shape index (κ3) is 5.17. The van der Waals surface area contributed by atoms with Crippen LogP contribution in [0.4, 0.5) is 0 Å². The molecule has 0 fully saturated rings. The van der Waals surface area contributed by atoms with E-state index in [0.29, 0.717) is 12.3 Å². The molecule has 112 valence electrons. The number of rotatable bonds is 8. The molecule has 0 saturated carbocycles. The number of aliphatic hydroxyl groups excluding tert-OH is 1. The van der Waals surface area contributed by atoms with Gasteiger partial charge in [-0.3, -0.25) is 4.79 Å². The number of benzene rings is 1. The summed E-state index contributed by atoms with van der Waals surface area (Å²) in [5, 5.41) is 12.4. The average molecular weight is 295 g/mol. The second-order valence-corrected chi connectivity index (χ2v) is 6.29. The lowest BCUT2D eigenvalue weighted by atomic mass is 9.83. The minimum absolute atomic E-state index is 0.0234. The fourth-order valence-corrected chi connectivity index (χ4v) is 2.63. The Morgan fingerprint density at radius 2 is 1.85 bits per heavy atom. The standard InChI is InChI=1S/C16H25NO2S/c1-4-16(5-2,12-18)11-17-15(19)10-20-14-8-6-13(3)7-9-14/h6-9,18H,4-5,10-12H2,1-3H3,(H,17,19). The Morgan fingerprint density at radius 3 is 2.35 bits per heavy atom. The molecule has 0 saturated heterocycles. The van der Waals surface area contributed by atoms with Crippen LogP contribution in [0.5, 0.6) is 0 Å². The van der Waals surface area contributed by atoms with E-state index in [1.807, 2.05) is 45.0 Å². The summed E-state index contributed by atoms with van der Waals surface area (Å²) >= 11 is 1.54. The van der Waals surface area contributed by atoms with Gasteiger partial charge in [-0.1, -0.05) is 31.5 Å². The highest BCUT2D eigenvalue weighted by molar-refractivity contribution is 8.00. The molecule has 1 aromatic rings. The lowest BCUT2D eigenvalue weighted by Crippen LogP contribution is -2.40. The predicted octanol–water partition coefficient (Wildman–Crippen LogP) is 3.00. The van der Waals surface area contributed by atoms with Crippen molar-refractivity contribution in [2.45, 2.75) is 38.5 Å². The number of hydrogen-bond donors (Lipinski definition) is 2. The molecular weight excluding hydrogens is 270 g/mol. The van der Waals surface area contributed by atoms with Crippen LogP contribution in [0.1, 0.15) is 32.3 Å². The number of carbonyl (C=O) groups is 1. The molecule has 0 radical (unpaired) electrons. The fourth-order valence-electron chi connectivity index (χ4n) is 1.90. The Hall–Kier alpha value is -1.00. The number of carbonyl (C=O) groups excluding carboxylic acids is 1. The van der Waals surface area contributed by atoms with Gasteiger partial charge in [0.1, 0.15) is 0 Å². The van der Waals surface area contributed by atoms with E-state index in [0.717, 1.165) is 17.7 Å². The molecule has 20 heavy (non-hydrogen) atoms. The number of aliphatic hydroxyl groups is 1. The molecule has 1 rings (SSSR count). The van der Waals surface area contributed by atoms with E-state index in [1.54, 1.807) is 0 Å². The summed E-state index contributed by atoms with van der Waals surface area (Å²) < 4.78 is 0. The molecule has 4 heteroatoms. The molecule has 0 aliphatic carbocycles. The first-order valence-corrected chi connectivity index (χ1v) is 8.11. The summed E-state index contributed by atoms with van der Waals surface area (Å²) in [7, 11) is 0. The topological polar surface area (TPSA) is 49.3 Å². The molecular formula is C16H25NO2S. The van der Waals surface area contributed by atoms with Gasteiger partial charge in [0.25, 0.3) is 0 Å². The van der Waals surface area contributed by atoms with Crippen molar-refractivity contribution in [3.05, 3.63) is 29.8 Å². The van der Waals surface area contributed by atoms with E-state index < -0.39 is 0 Å². The monoisotopic (exact) mass is 295 g/mol. The molecule has 1 aromatic carbocycles. The van der Waals surface area contributed by atoms with E-state index in [-0.39, 0.29) is 17.9 Å². The first-order valence-electron chi connectivity index (χ1n) is 7.12. The molecule has 0 unspecified atom stereocenters. The smallest absolute Gasteiger partial charge is 0.230 e. The highest BCUT2D eigenvalue weighted by Gasteiger charge is 2.25. The van der Waals surface area contributed by atoms with Crippen LogP contribution in [0, 0.1) is 12.3 Å². The zero-order valence-electron chi connectivity index (χ0n) is 12.6. The van der Waals surface area contributed by atoms with Gasteiger partial charge in [0, 0.05) is 16.9 Å². The first-order chi connectivity index (χ1) is 9.55. The van der Waals surface area contributed by atoms with Gasteiger partial charge in [0.05, 0.1) is 12.4 Å². The van der Waals surface area contributed by atoms with Crippen LogP contribution in [0.15, 0.2) is 29.2 Å². The van der Waals surface area contributed by atoms with Crippen molar-refractivity contribution in [1.82, 2.24) is 5.32 Å². The summed E-state index contributed by atoms with van der Waals surface area (Å²) in [6.07, 6.45) is 1.73. The van der Waals surface area contributed by atoms with E-state index >= 15 is 0 Å². The first kappa shape index (κ1) is 17.1. The minimum atomic E-state index is -0.176. The van der Waals surface area contributed by atoms with Crippen LogP contribution in [-0.2, 0) is 4.79 Å². The van der Waals surface area contributed by atoms with Crippen molar-refractivity contribution < 1.29 is 9.90 Å². The highest BCUT2D eigenvalue weighted by atomic mass is 32.2. The third-order valence-electron chi connectivity index (χ3n) is 3.89. The number of aryl methyl sites for hydroxylation is 1. The zero-order valence-corrected chi connectivity index (χ0v) is 13.4. The molecule has 0 aliphatic rings. The molecule has 0 aliphatic heterocycles. The maximum absolute atomic E-state index is 11.9. The van der Waals surface area contributed by atoms with Gasteiger partial charge < -0.3 is 10.4 Å². The van der Waals surface area contributed by atoms with Gasteiger partial charge in [0.15, 0.2) is 0 Å². The predicted molar refractivity (Wildman–Crippen MR) is 85.0 cm³/mol. The van der Waals surface area contributed by atoms with Crippen LogP contribution < -0.4 is 5.32 Å². The van der Waals surface area contributed by atoms with E-state index in [2.05, 4.69) is 5.32 Å². The van der Waals surface area contributed by atoms with Crippen molar-refractivity contribution in [3.8, 4) is 0 Å². The van der Waals surface area contributed by atoms with Crippen LogP contribution in [0.2, 0.25) is 0 Å². The van der Waals surface area contributed by atoms with Crippen molar-refractivity contribution >= 4 is 17.7 Å². The Labute approximate surface area is 126 Å². The summed E-state index contributed by atoms with van der Waals surface area (Å²) in [4.78, 5) is 13.0. The van der Waals surface area contributed by atoms with E-state index in [9.17, 15) is 9.90 Å². The Morgan fingerprint density at radius 1 is 1.25 bits per heavy atom. The highest BCUT2D eigenvalue weighted by Crippen LogP contribution is 2.24. The van der Waals surface area contributed by atoms with Crippen molar-refractivity contribution in [2.75, 3.05) is 18.9 Å². The summed E-state index contributed by atoms with van der Waals surface area (Å²) in [6.45, 7) is 6.81. The van der Waals surface area contributed by atoms with Crippen LogP contribution in [-0.4, -0.2) is 29.9 Å². The van der Waals surface area contributed by atoms with E-state index in [4.69, 9.17) is 0 Å². The van der Waals surface area contributed by atoms with Gasteiger partial charge in [-0.2, -0.15) is 0 Å². The SMILES string of the molecule is CCC(CC)(CO)CNC(=O)CSc1ccc(C)cc1. The number of nitrogens with one attached hydrogen (secondary N) is 1. The zero-order chi connectivity index (χ0) is 15.0. The lowest BCUT2D eigenvalue weighted by Gasteiger charge is -2.29. The maximum Gasteiger partial charge on any atom is 0.230 e. The summed E-state index contributed by atoms with van der Waals surface area (Å²) in [6, 6.07) is 8.16. The van der Waals surface area contributed by atoms with Crippen molar-refractivity contribution in [1.29, 1.82) is 0 Å². The summed E-state index contributed by atoms with van der Waals surface area (Å²) in [5.41, 5.74) is 1.04. The Balaban J connectivity index is 2.38. The Bertz CT molecular complexity index is 405. The molecule has 2 N–H and O–H groups in total. The second-order valence-electron chi connectivity index (χ2n) is 5.24. The molecule has 0 bridgehead atoms. The van der Waals surface area contributed by atoms with Crippen LogP contribution in [0.3, 0.4) is 0 Å². The molecule has 0 spiro atoms. The summed E-state index contributed by atoms with van der Waals surface area (Å²) in [5.74, 6) is 0.438. The number of thioether (sulfide) groups is 1. The van der Waals surface area contributed by atoms with Gasteiger partial charge in [-0.15, -0.1) is 11.8 Å². The molecule has 1 amide bonds. The average Bonchev–Trinajstić information content (AvgIpc) is 2.48. The largest absolute Gasteiger partial charge is 0.396 e. The van der Waals surface area contributed by atoms with Crippen LogP contribution in [0.25, 0.3) is 0 Å². The van der Waals surface area contributed by atoms with E-state index in [1.165, 1.54) is 17.3 Å². The van der Waals surface area contributed by atoms with Gasteiger partial charge in [-0.25, -0.2) is 0 Å². The number of hydrogen-bond acceptors (Lipinski definition) is 3. The van der Waals surface area contributed by atoms with Crippen molar-refractivity contribution in [2.24, 2.45) is 5.41 Å².